The smallest absolute Gasteiger partial charge is 0.315 e. The number of rotatable bonds is 7. The summed E-state index contributed by atoms with van der Waals surface area (Å²) in [6.45, 7) is 6.56. The lowest BCUT2D eigenvalue weighted by atomic mass is 10.2. The molecule has 0 atom stereocenters. The number of hydrogen-bond acceptors (Lipinski definition) is 3. The second-order valence-electron chi connectivity index (χ2n) is 4.31. The van der Waals surface area contributed by atoms with Crippen LogP contribution in [0.3, 0.4) is 0 Å². The van der Waals surface area contributed by atoms with Crippen molar-refractivity contribution in [2.75, 3.05) is 19.8 Å². The molecule has 1 heterocycles. The molecule has 1 rings (SSSR count). The van der Waals surface area contributed by atoms with E-state index < -0.39 is 0 Å². The van der Waals surface area contributed by atoms with E-state index in [4.69, 9.17) is 4.74 Å². The van der Waals surface area contributed by atoms with Gasteiger partial charge in [-0.25, -0.2) is 4.79 Å². The van der Waals surface area contributed by atoms with Crippen LogP contribution in [0.5, 0.6) is 0 Å². The van der Waals surface area contributed by atoms with Crippen LogP contribution in [0.4, 0.5) is 4.79 Å². The number of halogens is 1. The number of hydrogen-bond donors (Lipinski definition) is 2. The van der Waals surface area contributed by atoms with Gasteiger partial charge in [-0.3, -0.25) is 0 Å². The van der Waals surface area contributed by atoms with E-state index in [1.54, 1.807) is 11.3 Å². The Labute approximate surface area is 120 Å². The molecule has 0 spiro atoms. The van der Waals surface area contributed by atoms with Gasteiger partial charge in [0.05, 0.1) is 13.2 Å². The minimum atomic E-state index is -0.160. The fraction of sp³-hybridized carbons (Fsp3) is 0.583. The third-order valence-electron chi connectivity index (χ3n) is 2.03. The average Bonchev–Trinajstić information content (AvgIpc) is 2.71. The van der Waals surface area contributed by atoms with Crippen molar-refractivity contribution in [2.45, 2.75) is 20.4 Å². The molecule has 0 aliphatic carbocycles. The molecule has 0 radical (unpaired) electrons. The lowest BCUT2D eigenvalue weighted by Gasteiger charge is -2.08. The van der Waals surface area contributed by atoms with Crippen molar-refractivity contribution in [3.63, 3.8) is 0 Å². The Balaban J connectivity index is 2.04. The van der Waals surface area contributed by atoms with E-state index in [0.29, 0.717) is 25.6 Å². The minimum absolute atomic E-state index is 0.160. The Bertz CT molecular complexity index is 369. The maximum atomic E-state index is 11.4. The lowest BCUT2D eigenvalue weighted by molar-refractivity contribution is 0.112. The first kappa shape index (κ1) is 15.5. The molecule has 2 N–H and O–H groups in total. The van der Waals surface area contributed by atoms with Crippen molar-refractivity contribution in [1.29, 1.82) is 0 Å². The van der Waals surface area contributed by atoms with E-state index in [0.717, 1.165) is 16.0 Å². The predicted octanol–water partition coefficient (Wildman–Crippen LogP) is 2.98. The largest absolute Gasteiger partial charge is 0.379 e. The van der Waals surface area contributed by atoms with Crippen LogP contribution in [0.15, 0.2) is 15.9 Å². The molecule has 1 aromatic rings. The molecule has 0 saturated carbocycles. The normalized spacial score (nSPS) is 10.7. The van der Waals surface area contributed by atoms with Gasteiger partial charge < -0.3 is 15.4 Å². The third-order valence-corrected chi connectivity index (χ3v) is 3.73. The molecule has 0 aliphatic heterocycles. The molecule has 4 nitrogen and oxygen atoms in total. The highest BCUT2D eigenvalue weighted by atomic mass is 79.9. The summed E-state index contributed by atoms with van der Waals surface area (Å²) < 4.78 is 6.41. The van der Waals surface area contributed by atoms with Crippen molar-refractivity contribution in [3.8, 4) is 0 Å². The van der Waals surface area contributed by atoms with E-state index >= 15 is 0 Å². The zero-order valence-electron chi connectivity index (χ0n) is 10.7. The van der Waals surface area contributed by atoms with Crippen molar-refractivity contribution in [3.05, 3.63) is 20.8 Å². The highest BCUT2D eigenvalue weighted by molar-refractivity contribution is 9.10. The van der Waals surface area contributed by atoms with Crippen LogP contribution in [0.2, 0.25) is 0 Å². The fourth-order valence-corrected chi connectivity index (χ4v) is 2.62. The molecule has 18 heavy (non-hydrogen) atoms. The van der Waals surface area contributed by atoms with Crippen LogP contribution in [-0.4, -0.2) is 25.8 Å². The molecule has 2 amide bonds. The molecule has 6 heteroatoms. The highest BCUT2D eigenvalue weighted by Crippen LogP contribution is 2.19. The second kappa shape index (κ2) is 8.50. The minimum Gasteiger partial charge on any atom is -0.379 e. The predicted molar refractivity (Wildman–Crippen MR) is 77.9 cm³/mol. The topological polar surface area (TPSA) is 50.4 Å². The quantitative estimate of drug-likeness (QED) is 0.753. The molecular formula is C12H19BrN2O2S. The number of urea groups is 1. The summed E-state index contributed by atoms with van der Waals surface area (Å²) in [4.78, 5) is 12.6. The van der Waals surface area contributed by atoms with Crippen molar-refractivity contribution >= 4 is 33.3 Å². The number of thiophene rings is 1. The van der Waals surface area contributed by atoms with Crippen LogP contribution in [0, 0.1) is 5.92 Å². The van der Waals surface area contributed by atoms with Gasteiger partial charge in [-0.15, -0.1) is 11.3 Å². The molecule has 0 fully saturated rings. The summed E-state index contributed by atoms with van der Waals surface area (Å²) in [5.74, 6) is 0.524. The Morgan fingerprint density at radius 3 is 2.89 bits per heavy atom. The summed E-state index contributed by atoms with van der Waals surface area (Å²) in [5, 5.41) is 7.54. The summed E-state index contributed by atoms with van der Waals surface area (Å²) in [5.41, 5.74) is 0. The van der Waals surface area contributed by atoms with Gasteiger partial charge in [0.1, 0.15) is 0 Å². The Morgan fingerprint density at radius 1 is 1.50 bits per heavy atom. The lowest BCUT2D eigenvalue weighted by Crippen LogP contribution is -2.36. The summed E-state index contributed by atoms with van der Waals surface area (Å²) in [7, 11) is 0. The number of nitrogens with one attached hydrogen (secondary N) is 2. The number of carbonyl (C=O) groups excluding carboxylic acids is 1. The maximum Gasteiger partial charge on any atom is 0.315 e. The van der Waals surface area contributed by atoms with Crippen LogP contribution in [0.25, 0.3) is 0 Å². The van der Waals surface area contributed by atoms with Crippen LogP contribution < -0.4 is 10.6 Å². The van der Waals surface area contributed by atoms with Crippen LogP contribution in [-0.2, 0) is 11.3 Å². The Kier molecular flexibility index (Phi) is 7.31. The van der Waals surface area contributed by atoms with E-state index in [1.165, 1.54) is 0 Å². The van der Waals surface area contributed by atoms with Crippen molar-refractivity contribution < 1.29 is 9.53 Å². The number of amides is 2. The molecule has 0 aliphatic rings. The maximum absolute atomic E-state index is 11.4. The van der Waals surface area contributed by atoms with Gasteiger partial charge >= 0.3 is 6.03 Å². The molecule has 1 aromatic heterocycles. The second-order valence-corrected chi connectivity index (χ2v) is 6.22. The number of carbonyl (C=O) groups is 1. The average molecular weight is 335 g/mol. The van der Waals surface area contributed by atoms with Gasteiger partial charge in [0, 0.05) is 27.9 Å². The molecule has 0 saturated heterocycles. The van der Waals surface area contributed by atoms with E-state index in [9.17, 15) is 4.79 Å². The van der Waals surface area contributed by atoms with Crippen molar-refractivity contribution in [2.24, 2.45) is 5.92 Å². The van der Waals surface area contributed by atoms with Gasteiger partial charge in [0.2, 0.25) is 0 Å². The van der Waals surface area contributed by atoms with E-state index in [2.05, 4.69) is 40.4 Å². The summed E-state index contributed by atoms with van der Waals surface area (Å²) in [6, 6.07) is 1.84. The Hall–Kier alpha value is -0.590. The molecule has 0 aromatic carbocycles. The molecule has 0 bridgehead atoms. The van der Waals surface area contributed by atoms with Gasteiger partial charge in [0.25, 0.3) is 0 Å². The Morgan fingerprint density at radius 2 is 2.28 bits per heavy atom. The van der Waals surface area contributed by atoms with Gasteiger partial charge in [-0.1, -0.05) is 13.8 Å². The first-order chi connectivity index (χ1) is 8.58. The molecule has 102 valence electrons. The van der Waals surface area contributed by atoms with Gasteiger partial charge in [-0.2, -0.15) is 0 Å². The first-order valence-corrected chi connectivity index (χ1v) is 7.57. The van der Waals surface area contributed by atoms with Gasteiger partial charge in [0.15, 0.2) is 0 Å². The van der Waals surface area contributed by atoms with E-state index in [1.807, 2.05) is 11.4 Å². The van der Waals surface area contributed by atoms with E-state index in [-0.39, 0.29) is 6.03 Å². The molecule has 0 unspecified atom stereocenters. The fourth-order valence-electron chi connectivity index (χ4n) is 1.23. The van der Waals surface area contributed by atoms with Crippen LogP contribution in [0.1, 0.15) is 18.7 Å². The monoisotopic (exact) mass is 334 g/mol. The number of ether oxygens (including phenoxy) is 1. The summed E-state index contributed by atoms with van der Waals surface area (Å²) in [6.07, 6.45) is 0. The van der Waals surface area contributed by atoms with Crippen molar-refractivity contribution in [1.82, 2.24) is 10.6 Å². The zero-order chi connectivity index (χ0) is 13.4. The highest BCUT2D eigenvalue weighted by Gasteiger charge is 2.02. The third kappa shape index (κ3) is 6.98. The molecular weight excluding hydrogens is 316 g/mol. The van der Waals surface area contributed by atoms with Gasteiger partial charge in [-0.05, 0) is 27.9 Å². The van der Waals surface area contributed by atoms with Crippen LogP contribution >= 0.6 is 27.3 Å². The first-order valence-electron chi connectivity index (χ1n) is 5.90. The zero-order valence-corrected chi connectivity index (χ0v) is 13.1. The SMILES string of the molecule is CC(C)COCCNC(=O)NCc1cc(Br)cs1. The standard InChI is InChI=1S/C12H19BrN2O2S/c1-9(2)7-17-4-3-14-12(16)15-6-11-5-10(13)8-18-11/h5,8-9H,3-4,6-7H2,1-2H3,(H2,14,15,16). The summed E-state index contributed by atoms with van der Waals surface area (Å²) >= 11 is 4.99.